The molecule has 1 aliphatic carbocycles. The summed E-state index contributed by atoms with van der Waals surface area (Å²) in [6.07, 6.45) is 5.81. The van der Waals surface area contributed by atoms with E-state index in [1.54, 1.807) is 17.0 Å². The Morgan fingerprint density at radius 1 is 1.08 bits per heavy atom. The van der Waals surface area contributed by atoms with Gasteiger partial charge in [-0.25, -0.2) is 14.2 Å². The van der Waals surface area contributed by atoms with Crippen LogP contribution in [-0.4, -0.2) is 47.6 Å². The maximum atomic E-state index is 14.5. The van der Waals surface area contributed by atoms with Gasteiger partial charge in [-0.2, -0.15) is 0 Å². The van der Waals surface area contributed by atoms with Gasteiger partial charge in [0.15, 0.2) is 0 Å². The van der Waals surface area contributed by atoms with Crippen LogP contribution in [0.15, 0.2) is 45.9 Å². The number of likely N-dealkylation sites (tertiary alicyclic amines) is 1. The van der Waals surface area contributed by atoms with Gasteiger partial charge in [0.1, 0.15) is 11.4 Å². The molecule has 1 saturated heterocycles. The molecular formula is C30H36BrFN4O3. The third-order valence-corrected chi connectivity index (χ3v) is 8.37. The second kappa shape index (κ2) is 11.3. The standard InChI is InChI=1S/C30H36BrFN4O3/c1-30(2,3)39-29(38)35-15-13-19(14-16-35)20-11-12-25-21(17-20)18-33-28(36(25)22-7-4-5-8-22)34-27(37)26-23(31)9-6-10-24(26)32/h6,9-12,17,19,22H,4-5,7-8,13-16,18H2,1-3H3,(H,33,34,37). The molecule has 0 unspecified atom stereocenters. The SMILES string of the molecule is CC(C)(C)OC(=O)N1CCC(c2ccc3c(c2)CN=C(NC(=O)c2c(F)cccc2Br)N3C2CCCC2)CC1. The first-order chi connectivity index (χ1) is 18.6. The van der Waals surface area contributed by atoms with Crippen molar-refractivity contribution >= 4 is 39.6 Å². The molecule has 5 rings (SSSR count). The van der Waals surface area contributed by atoms with Gasteiger partial charge in [-0.15, -0.1) is 0 Å². The van der Waals surface area contributed by atoms with Crippen molar-refractivity contribution in [1.29, 1.82) is 0 Å². The molecule has 2 fully saturated rings. The number of nitrogens with zero attached hydrogens (tertiary/aromatic N) is 3. The van der Waals surface area contributed by atoms with Crippen LogP contribution < -0.4 is 10.2 Å². The quantitative estimate of drug-likeness (QED) is 0.424. The first-order valence-corrected chi connectivity index (χ1v) is 14.6. The van der Waals surface area contributed by atoms with Gasteiger partial charge >= 0.3 is 6.09 Å². The maximum absolute atomic E-state index is 14.5. The lowest BCUT2D eigenvalue weighted by atomic mass is 9.88. The lowest BCUT2D eigenvalue weighted by Gasteiger charge is -2.37. The Hall–Kier alpha value is -2.94. The van der Waals surface area contributed by atoms with Gasteiger partial charge in [0.05, 0.1) is 12.1 Å². The van der Waals surface area contributed by atoms with Crippen molar-refractivity contribution in [3.8, 4) is 0 Å². The first kappa shape index (κ1) is 27.6. The van der Waals surface area contributed by atoms with E-state index in [2.05, 4.69) is 44.3 Å². The zero-order valence-corrected chi connectivity index (χ0v) is 24.4. The van der Waals surface area contributed by atoms with E-state index in [-0.39, 0.29) is 17.7 Å². The molecule has 0 bridgehead atoms. The number of amides is 2. The molecule has 208 valence electrons. The second-order valence-corrected chi connectivity index (χ2v) is 12.5. The molecule has 3 aliphatic rings. The number of carbonyl (C=O) groups excluding carboxylic acids is 2. The molecule has 2 heterocycles. The predicted octanol–water partition coefficient (Wildman–Crippen LogP) is 6.75. The van der Waals surface area contributed by atoms with Crippen molar-refractivity contribution in [3.63, 3.8) is 0 Å². The molecule has 2 aromatic rings. The summed E-state index contributed by atoms with van der Waals surface area (Å²) < 4.78 is 20.4. The zero-order chi connectivity index (χ0) is 27.7. The van der Waals surface area contributed by atoms with Crippen molar-refractivity contribution < 1.29 is 18.7 Å². The maximum Gasteiger partial charge on any atom is 0.410 e. The highest BCUT2D eigenvalue weighted by Crippen LogP contribution is 2.37. The van der Waals surface area contributed by atoms with Gasteiger partial charge in [0, 0.05) is 29.3 Å². The molecule has 0 atom stereocenters. The van der Waals surface area contributed by atoms with E-state index in [0.29, 0.717) is 36.0 Å². The van der Waals surface area contributed by atoms with E-state index in [1.807, 2.05) is 20.8 Å². The van der Waals surface area contributed by atoms with Crippen LogP contribution in [0.3, 0.4) is 0 Å². The minimum atomic E-state index is -0.576. The molecule has 0 aromatic heterocycles. The summed E-state index contributed by atoms with van der Waals surface area (Å²) in [4.78, 5) is 34.3. The number of hydrogen-bond acceptors (Lipinski definition) is 5. The summed E-state index contributed by atoms with van der Waals surface area (Å²) >= 11 is 3.31. The van der Waals surface area contributed by atoms with Crippen molar-refractivity contribution in [2.24, 2.45) is 4.99 Å². The molecule has 7 nitrogen and oxygen atoms in total. The van der Waals surface area contributed by atoms with Gasteiger partial charge in [0.2, 0.25) is 5.96 Å². The van der Waals surface area contributed by atoms with Crippen molar-refractivity contribution in [2.45, 2.75) is 83.4 Å². The summed E-state index contributed by atoms with van der Waals surface area (Å²) in [5, 5.41) is 2.91. The first-order valence-electron chi connectivity index (χ1n) is 13.8. The normalized spacial score (nSPS) is 18.5. The third-order valence-electron chi connectivity index (χ3n) is 7.71. The van der Waals surface area contributed by atoms with E-state index < -0.39 is 17.3 Å². The summed E-state index contributed by atoms with van der Waals surface area (Å²) in [6, 6.07) is 11.3. The fourth-order valence-corrected chi connectivity index (χ4v) is 6.33. The Kier molecular flexibility index (Phi) is 7.99. The van der Waals surface area contributed by atoms with Crippen LogP contribution in [0.4, 0.5) is 14.9 Å². The number of anilines is 1. The summed E-state index contributed by atoms with van der Waals surface area (Å²) in [6.45, 7) is 7.44. The Balaban J connectivity index is 1.33. The van der Waals surface area contributed by atoms with Gasteiger partial charge in [-0.3, -0.25) is 10.1 Å². The number of hydrogen-bond donors (Lipinski definition) is 1. The van der Waals surface area contributed by atoms with E-state index in [4.69, 9.17) is 9.73 Å². The van der Waals surface area contributed by atoms with E-state index >= 15 is 0 Å². The molecule has 0 radical (unpaired) electrons. The van der Waals surface area contributed by atoms with Gasteiger partial charge < -0.3 is 14.5 Å². The molecule has 9 heteroatoms. The number of carbonyl (C=O) groups is 2. The highest BCUT2D eigenvalue weighted by atomic mass is 79.9. The molecule has 2 amide bonds. The number of ether oxygens (including phenoxy) is 1. The van der Waals surface area contributed by atoms with Crippen LogP contribution in [0.5, 0.6) is 0 Å². The fraction of sp³-hybridized carbons (Fsp3) is 0.500. The Morgan fingerprint density at radius 3 is 2.46 bits per heavy atom. The van der Waals surface area contributed by atoms with E-state index in [9.17, 15) is 14.0 Å². The van der Waals surface area contributed by atoms with Crippen molar-refractivity contribution in [3.05, 3.63) is 63.4 Å². The number of aliphatic imine (C=N–C) groups is 1. The topological polar surface area (TPSA) is 74.2 Å². The van der Waals surface area contributed by atoms with E-state index in [1.165, 1.54) is 11.6 Å². The van der Waals surface area contributed by atoms with E-state index in [0.717, 1.165) is 49.8 Å². The molecule has 1 saturated carbocycles. The average molecular weight is 600 g/mol. The lowest BCUT2D eigenvalue weighted by Crippen LogP contribution is -2.50. The van der Waals surface area contributed by atoms with Crippen LogP contribution in [0.25, 0.3) is 0 Å². The number of benzene rings is 2. The minimum Gasteiger partial charge on any atom is -0.444 e. The number of rotatable bonds is 3. The van der Waals surface area contributed by atoms with Crippen molar-refractivity contribution in [2.75, 3.05) is 18.0 Å². The summed E-state index contributed by atoms with van der Waals surface area (Å²) in [5.74, 6) is -0.252. The average Bonchev–Trinajstić information content (AvgIpc) is 3.42. The number of piperidine rings is 1. The monoisotopic (exact) mass is 598 g/mol. The fourth-order valence-electron chi connectivity index (χ4n) is 5.80. The summed E-state index contributed by atoms with van der Waals surface area (Å²) in [7, 11) is 0. The van der Waals surface area contributed by atoms with Gasteiger partial charge in [0.25, 0.3) is 5.91 Å². The highest BCUT2D eigenvalue weighted by Gasteiger charge is 2.33. The summed E-state index contributed by atoms with van der Waals surface area (Å²) in [5.41, 5.74) is 2.91. The predicted molar refractivity (Wildman–Crippen MR) is 154 cm³/mol. The number of guanidine groups is 1. The van der Waals surface area contributed by atoms with Crippen LogP contribution >= 0.6 is 15.9 Å². The molecule has 2 aliphatic heterocycles. The van der Waals surface area contributed by atoms with Gasteiger partial charge in [-0.1, -0.05) is 31.0 Å². The number of halogens is 2. The smallest absolute Gasteiger partial charge is 0.410 e. The molecule has 0 spiro atoms. The lowest BCUT2D eigenvalue weighted by molar-refractivity contribution is 0.0204. The molecule has 2 aromatic carbocycles. The molecular weight excluding hydrogens is 563 g/mol. The van der Waals surface area contributed by atoms with Crippen molar-refractivity contribution in [1.82, 2.24) is 10.2 Å². The Morgan fingerprint density at radius 2 is 1.79 bits per heavy atom. The highest BCUT2D eigenvalue weighted by molar-refractivity contribution is 9.10. The van der Waals surface area contributed by atoms with Crippen LogP contribution in [-0.2, 0) is 11.3 Å². The zero-order valence-electron chi connectivity index (χ0n) is 22.8. The van der Waals surface area contributed by atoms with Crippen LogP contribution in [0.2, 0.25) is 0 Å². The van der Waals surface area contributed by atoms with Crippen LogP contribution in [0.1, 0.15) is 86.7 Å². The number of nitrogens with one attached hydrogen (secondary N) is 1. The molecule has 39 heavy (non-hydrogen) atoms. The largest absolute Gasteiger partial charge is 0.444 e. The Labute approximate surface area is 237 Å². The van der Waals surface area contributed by atoms with Crippen LogP contribution in [0, 0.1) is 5.82 Å². The van der Waals surface area contributed by atoms with Gasteiger partial charge in [-0.05, 0) is 97.6 Å². The number of fused-ring (bicyclic) bond motifs is 1. The molecule has 1 N–H and O–H groups in total. The third kappa shape index (κ3) is 6.13. The Bertz CT molecular complexity index is 1260. The minimum absolute atomic E-state index is 0.0227. The second-order valence-electron chi connectivity index (χ2n) is 11.6.